The number of aromatic nitrogens is 1. The predicted molar refractivity (Wildman–Crippen MR) is 107 cm³/mol. The van der Waals surface area contributed by atoms with Gasteiger partial charge >= 0.3 is 5.97 Å². The Kier molecular flexibility index (Phi) is 6.12. The van der Waals surface area contributed by atoms with Gasteiger partial charge in [-0.15, -0.1) is 0 Å². The minimum absolute atomic E-state index is 0.0374. The number of nitrogens with zero attached hydrogens (tertiary/aromatic N) is 1. The van der Waals surface area contributed by atoms with E-state index in [1.807, 2.05) is 6.92 Å². The number of esters is 1. The molecule has 0 aliphatic carbocycles. The van der Waals surface area contributed by atoms with Gasteiger partial charge in [-0.25, -0.2) is 17.8 Å². The Bertz CT molecular complexity index is 1170. The number of benzene rings is 2. The first-order valence-electron chi connectivity index (χ1n) is 8.93. The first kappa shape index (κ1) is 20.7. The van der Waals surface area contributed by atoms with Gasteiger partial charge < -0.3 is 9.47 Å². The molecule has 8 heteroatoms. The van der Waals surface area contributed by atoms with Crippen LogP contribution in [0, 0.1) is 12.7 Å². The van der Waals surface area contributed by atoms with Crippen molar-refractivity contribution >= 4 is 27.4 Å². The third kappa shape index (κ3) is 4.37. The fraction of sp³-hybridized carbons (Fsp3) is 0.238. The summed E-state index contributed by atoms with van der Waals surface area (Å²) in [5, 5.41) is 1.22. The van der Waals surface area contributed by atoms with Crippen molar-refractivity contribution in [3.63, 3.8) is 0 Å². The van der Waals surface area contributed by atoms with E-state index >= 15 is 0 Å². The van der Waals surface area contributed by atoms with E-state index in [9.17, 15) is 17.6 Å². The fourth-order valence-electron chi connectivity index (χ4n) is 3.06. The predicted octanol–water partition coefficient (Wildman–Crippen LogP) is 3.72. The summed E-state index contributed by atoms with van der Waals surface area (Å²) in [4.78, 5) is 16.0. The average Bonchev–Trinajstić information content (AvgIpc) is 2.71. The van der Waals surface area contributed by atoms with Gasteiger partial charge in [0, 0.05) is 17.1 Å². The third-order valence-corrected chi connectivity index (χ3v) is 5.34. The SMILES string of the molecule is CCc1cc([SH](=O)=O)cnc1Oc1c(C)c(CC(=O)OC)cc2ccc(F)cc12. The van der Waals surface area contributed by atoms with Crippen LogP contribution in [0.15, 0.2) is 41.4 Å². The lowest BCUT2D eigenvalue weighted by atomic mass is 9.98. The van der Waals surface area contributed by atoms with Crippen LogP contribution in [0.2, 0.25) is 0 Å². The van der Waals surface area contributed by atoms with E-state index in [0.717, 1.165) is 0 Å². The highest BCUT2D eigenvalue weighted by Crippen LogP contribution is 2.37. The molecule has 3 rings (SSSR count). The zero-order valence-corrected chi connectivity index (χ0v) is 17.1. The lowest BCUT2D eigenvalue weighted by molar-refractivity contribution is -0.139. The second kappa shape index (κ2) is 8.57. The first-order chi connectivity index (χ1) is 13.8. The Morgan fingerprint density at radius 1 is 1.17 bits per heavy atom. The van der Waals surface area contributed by atoms with Crippen LogP contribution in [0.5, 0.6) is 11.6 Å². The number of rotatable bonds is 6. The van der Waals surface area contributed by atoms with Gasteiger partial charge in [0.05, 0.1) is 18.4 Å². The van der Waals surface area contributed by atoms with Gasteiger partial charge in [0.2, 0.25) is 5.88 Å². The van der Waals surface area contributed by atoms with Crippen molar-refractivity contribution in [1.82, 2.24) is 4.98 Å². The Balaban J connectivity index is 2.18. The molecule has 0 spiro atoms. The van der Waals surface area contributed by atoms with Gasteiger partial charge in [-0.1, -0.05) is 19.1 Å². The van der Waals surface area contributed by atoms with Gasteiger partial charge in [-0.2, -0.15) is 0 Å². The van der Waals surface area contributed by atoms with Crippen molar-refractivity contribution in [2.75, 3.05) is 7.11 Å². The molecule has 0 saturated carbocycles. The number of hydrogen-bond donors (Lipinski definition) is 1. The highest BCUT2D eigenvalue weighted by Gasteiger charge is 2.18. The van der Waals surface area contributed by atoms with Gasteiger partial charge in [0.15, 0.2) is 10.7 Å². The lowest BCUT2D eigenvalue weighted by Gasteiger charge is -2.17. The molecule has 1 aromatic heterocycles. The highest BCUT2D eigenvalue weighted by atomic mass is 32.2. The minimum Gasteiger partial charge on any atom is -0.469 e. The van der Waals surface area contributed by atoms with E-state index in [4.69, 9.17) is 9.47 Å². The van der Waals surface area contributed by atoms with Crippen molar-refractivity contribution in [3.8, 4) is 11.6 Å². The second-order valence-electron chi connectivity index (χ2n) is 6.48. The number of ether oxygens (including phenoxy) is 2. The minimum atomic E-state index is -2.76. The normalized spacial score (nSPS) is 11.1. The van der Waals surface area contributed by atoms with Crippen molar-refractivity contribution < 1.29 is 27.1 Å². The largest absolute Gasteiger partial charge is 0.469 e. The summed E-state index contributed by atoms with van der Waals surface area (Å²) in [5.41, 5.74) is 1.93. The maximum Gasteiger partial charge on any atom is 0.309 e. The Morgan fingerprint density at radius 3 is 2.59 bits per heavy atom. The number of pyridine rings is 1. The summed E-state index contributed by atoms with van der Waals surface area (Å²) in [6.45, 7) is 3.62. The molecule has 0 atom stereocenters. The van der Waals surface area contributed by atoms with Crippen LogP contribution < -0.4 is 4.74 Å². The molecule has 0 bridgehead atoms. The Morgan fingerprint density at radius 2 is 1.93 bits per heavy atom. The van der Waals surface area contributed by atoms with Gasteiger partial charge in [0.1, 0.15) is 11.6 Å². The second-order valence-corrected chi connectivity index (χ2v) is 7.51. The summed E-state index contributed by atoms with van der Waals surface area (Å²) in [7, 11) is -1.45. The van der Waals surface area contributed by atoms with Crippen LogP contribution in [-0.4, -0.2) is 26.5 Å². The summed E-state index contributed by atoms with van der Waals surface area (Å²) in [6.07, 6.45) is 1.75. The number of hydrogen-bond acceptors (Lipinski definition) is 6. The van der Waals surface area contributed by atoms with Gasteiger partial charge in [-0.3, -0.25) is 4.79 Å². The number of carbonyl (C=O) groups excluding carboxylic acids is 1. The third-order valence-electron chi connectivity index (χ3n) is 4.68. The molecule has 29 heavy (non-hydrogen) atoms. The lowest BCUT2D eigenvalue weighted by Crippen LogP contribution is -2.07. The Hall–Kier alpha value is -3.00. The molecule has 6 nitrogen and oxygen atoms in total. The molecule has 152 valence electrons. The average molecular weight is 417 g/mol. The van der Waals surface area contributed by atoms with E-state index in [1.54, 1.807) is 19.1 Å². The zero-order valence-electron chi connectivity index (χ0n) is 16.2. The molecule has 0 unspecified atom stereocenters. The van der Waals surface area contributed by atoms with E-state index in [-0.39, 0.29) is 17.2 Å². The summed E-state index contributed by atoms with van der Waals surface area (Å²) < 4.78 is 47.3. The molecular formula is C21H20FNO5S. The summed E-state index contributed by atoms with van der Waals surface area (Å²) in [6, 6.07) is 7.60. The van der Waals surface area contributed by atoms with Crippen molar-refractivity contribution in [2.45, 2.75) is 31.6 Å². The van der Waals surface area contributed by atoms with Crippen LogP contribution in [0.3, 0.4) is 0 Å². The van der Waals surface area contributed by atoms with Gasteiger partial charge in [-0.05, 0) is 48.1 Å². The molecule has 0 aliphatic heterocycles. The molecule has 0 saturated heterocycles. The standard InChI is InChI=1S/C21H20FNO5S/c1-4-13-8-17(29(25)26)11-23-21(13)28-20-12(2)15(9-19(24)27-3)7-14-5-6-16(22)10-18(14)20/h5-8,10-11,29H,4,9H2,1-3H3. The smallest absolute Gasteiger partial charge is 0.309 e. The van der Waals surface area contributed by atoms with E-state index in [1.165, 1.54) is 31.5 Å². The number of aryl methyl sites for hydroxylation is 1. The van der Waals surface area contributed by atoms with Crippen molar-refractivity contribution in [3.05, 3.63) is 59.0 Å². The maximum absolute atomic E-state index is 13.9. The van der Waals surface area contributed by atoms with E-state index < -0.39 is 22.5 Å². The number of fused-ring (bicyclic) bond motifs is 1. The molecule has 0 N–H and O–H groups in total. The molecule has 1 heterocycles. The van der Waals surface area contributed by atoms with Crippen LogP contribution in [0.4, 0.5) is 4.39 Å². The zero-order chi connectivity index (χ0) is 21.1. The molecule has 0 aliphatic rings. The summed E-state index contributed by atoms with van der Waals surface area (Å²) >= 11 is 0. The Labute approximate surface area is 169 Å². The molecule has 2 aromatic carbocycles. The monoisotopic (exact) mass is 417 g/mol. The highest BCUT2D eigenvalue weighted by molar-refractivity contribution is 7.72. The molecule has 0 amide bonds. The van der Waals surface area contributed by atoms with Crippen molar-refractivity contribution in [2.24, 2.45) is 0 Å². The van der Waals surface area contributed by atoms with Crippen LogP contribution in [-0.2, 0) is 33.1 Å². The molecular weight excluding hydrogens is 397 g/mol. The topological polar surface area (TPSA) is 82.6 Å². The number of halogens is 1. The van der Waals surface area contributed by atoms with E-state index in [0.29, 0.717) is 39.6 Å². The van der Waals surface area contributed by atoms with Crippen LogP contribution >= 0.6 is 0 Å². The van der Waals surface area contributed by atoms with Crippen LogP contribution in [0.25, 0.3) is 10.8 Å². The van der Waals surface area contributed by atoms with Crippen LogP contribution in [0.1, 0.15) is 23.6 Å². The number of methoxy groups -OCH3 is 1. The molecule has 3 aromatic rings. The van der Waals surface area contributed by atoms with Crippen molar-refractivity contribution in [1.29, 1.82) is 0 Å². The maximum atomic E-state index is 13.9. The number of thiol groups is 1. The quantitative estimate of drug-likeness (QED) is 0.486. The summed E-state index contributed by atoms with van der Waals surface area (Å²) in [5.74, 6) is -0.235. The van der Waals surface area contributed by atoms with E-state index in [2.05, 4.69) is 4.98 Å². The number of carbonyl (C=O) groups is 1. The molecule has 0 radical (unpaired) electrons. The molecule has 0 fully saturated rings. The van der Waals surface area contributed by atoms with Gasteiger partial charge in [0.25, 0.3) is 0 Å². The fourth-order valence-corrected chi connectivity index (χ4v) is 3.48. The first-order valence-corrected chi connectivity index (χ1v) is 10.1.